The van der Waals surface area contributed by atoms with Crippen LogP contribution in [-0.4, -0.2) is 112 Å². The fraction of sp³-hybridized carbons (Fsp3) is 0.531. The molecule has 0 heterocycles. The van der Waals surface area contributed by atoms with E-state index in [-0.39, 0.29) is 37.7 Å². The molecule has 14 N–H and O–H groups in total. The fourth-order valence-electron chi connectivity index (χ4n) is 4.68. The van der Waals surface area contributed by atoms with E-state index >= 15 is 0 Å². The van der Waals surface area contributed by atoms with Gasteiger partial charge in [0.15, 0.2) is 5.96 Å². The zero-order valence-electron chi connectivity index (χ0n) is 29.0. The molecule has 20 nitrogen and oxygen atoms in total. The summed E-state index contributed by atoms with van der Waals surface area (Å²) < 4.78 is 0. The maximum Gasteiger partial charge on any atom is 0.326 e. The lowest BCUT2D eigenvalue weighted by Crippen LogP contribution is -2.59. The Balaban J connectivity index is 3.16. The Morgan fingerprint density at radius 2 is 1.31 bits per heavy atom. The zero-order chi connectivity index (χ0) is 39.4. The number of aliphatic imine (C=N–C) groups is 1. The number of hydrogen-bond acceptors (Lipinski definition) is 10. The second kappa shape index (κ2) is 22.8. The number of rotatable bonds is 24. The molecule has 0 saturated heterocycles. The lowest BCUT2D eigenvalue weighted by Gasteiger charge is -2.26. The molecule has 1 aromatic rings. The van der Waals surface area contributed by atoms with Gasteiger partial charge in [-0.1, -0.05) is 44.2 Å². The fourth-order valence-corrected chi connectivity index (χ4v) is 4.68. The largest absolute Gasteiger partial charge is 0.481 e. The second-order valence-electron chi connectivity index (χ2n) is 12.3. The molecule has 0 aliphatic heterocycles. The summed E-state index contributed by atoms with van der Waals surface area (Å²) >= 11 is 0. The number of guanidine groups is 1. The second-order valence-corrected chi connectivity index (χ2v) is 12.3. The lowest BCUT2D eigenvalue weighted by molar-refractivity contribution is -0.147. The number of nitrogens with two attached hydrogens (primary N) is 3. The van der Waals surface area contributed by atoms with Gasteiger partial charge in [-0.25, -0.2) is 4.79 Å². The molecular weight excluding hydrogens is 686 g/mol. The van der Waals surface area contributed by atoms with Crippen molar-refractivity contribution >= 4 is 53.4 Å². The first kappa shape index (κ1) is 44.2. The van der Waals surface area contributed by atoms with E-state index in [0.29, 0.717) is 12.0 Å². The monoisotopic (exact) mass is 735 g/mol. The molecule has 0 spiro atoms. The Kier molecular flexibility index (Phi) is 19.4. The van der Waals surface area contributed by atoms with Crippen LogP contribution in [0.25, 0.3) is 0 Å². The van der Waals surface area contributed by atoms with Crippen molar-refractivity contribution in [2.45, 2.75) is 89.0 Å². The first-order valence-electron chi connectivity index (χ1n) is 16.4. The molecule has 0 aromatic heterocycles. The highest BCUT2D eigenvalue weighted by Crippen LogP contribution is 2.10. The number of carbonyl (C=O) groups excluding carboxylic acids is 5. The molecule has 5 amide bonds. The Morgan fingerprint density at radius 3 is 1.87 bits per heavy atom. The quantitative estimate of drug-likeness (QED) is 0.0289. The van der Waals surface area contributed by atoms with E-state index < -0.39 is 103 Å². The van der Waals surface area contributed by atoms with Gasteiger partial charge < -0.3 is 59.1 Å². The van der Waals surface area contributed by atoms with Crippen molar-refractivity contribution in [1.82, 2.24) is 26.6 Å². The van der Waals surface area contributed by atoms with Gasteiger partial charge in [-0.2, -0.15) is 0 Å². The smallest absolute Gasteiger partial charge is 0.326 e. The number of benzene rings is 1. The van der Waals surface area contributed by atoms with Gasteiger partial charge in [0.2, 0.25) is 29.5 Å². The summed E-state index contributed by atoms with van der Waals surface area (Å²) in [7, 11) is 0. The van der Waals surface area contributed by atoms with Gasteiger partial charge in [-0.05, 0) is 37.2 Å². The van der Waals surface area contributed by atoms with Crippen molar-refractivity contribution < 1.29 is 53.7 Å². The first-order valence-corrected chi connectivity index (χ1v) is 16.4. The number of nitrogens with zero attached hydrogens (tertiary/aromatic N) is 1. The summed E-state index contributed by atoms with van der Waals surface area (Å²) in [6.07, 6.45) is -1.50. The van der Waals surface area contributed by atoms with Gasteiger partial charge in [0.1, 0.15) is 24.2 Å². The van der Waals surface area contributed by atoms with E-state index in [2.05, 4.69) is 26.3 Å². The highest BCUT2D eigenvalue weighted by molar-refractivity contribution is 5.96. The minimum absolute atomic E-state index is 0.102. The molecule has 1 rings (SSSR count). The van der Waals surface area contributed by atoms with Crippen molar-refractivity contribution in [1.29, 1.82) is 0 Å². The number of carboxylic acids is 3. The summed E-state index contributed by atoms with van der Waals surface area (Å²) in [6.45, 7) is 3.30. The van der Waals surface area contributed by atoms with E-state index in [0.717, 1.165) is 0 Å². The van der Waals surface area contributed by atoms with E-state index in [1.54, 1.807) is 44.2 Å². The molecule has 20 heteroatoms. The zero-order valence-corrected chi connectivity index (χ0v) is 29.0. The number of nitrogens with one attached hydrogen (secondary N) is 5. The van der Waals surface area contributed by atoms with Crippen LogP contribution in [-0.2, 0) is 44.8 Å². The maximum absolute atomic E-state index is 13.6. The average Bonchev–Trinajstić information content (AvgIpc) is 3.05. The molecule has 0 saturated carbocycles. The topological polar surface area (TPSA) is 348 Å². The molecule has 0 fully saturated rings. The van der Waals surface area contributed by atoms with Crippen LogP contribution in [0, 0.1) is 5.92 Å². The molecule has 1 aromatic carbocycles. The third-order valence-electron chi connectivity index (χ3n) is 7.28. The van der Waals surface area contributed by atoms with E-state index in [9.17, 15) is 48.6 Å². The van der Waals surface area contributed by atoms with Crippen LogP contribution < -0.4 is 43.8 Å². The van der Waals surface area contributed by atoms with E-state index in [1.807, 2.05) is 5.32 Å². The van der Waals surface area contributed by atoms with Gasteiger partial charge in [0.25, 0.3) is 0 Å². The van der Waals surface area contributed by atoms with E-state index in [4.69, 9.17) is 22.3 Å². The van der Waals surface area contributed by atoms with Crippen LogP contribution in [0.3, 0.4) is 0 Å². The van der Waals surface area contributed by atoms with Crippen molar-refractivity contribution in [3.05, 3.63) is 35.9 Å². The molecule has 0 bridgehead atoms. The lowest BCUT2D eigenvalue weighted by atomic mass is 10.0. The molecule has 5 atom stereocenters. The average molecular weight is 736 g/mol. The van der Waals surface area contributed by atoms with Gasteiger partial charge in [0, 0.05) is 19.4 Å². The molecule has 52 heavy (non-hydrogen) atoms. The molecule has 0 radical (unpaired) electrons. The molecular formula is C32H49N9O11. The highest BCUT2D eigenvalue weighted by Gasteiger charge is 2.32. The van der Waals surface area contributed by atoms with Gasteiger partial charge in [-0.15, -0.1) is 0 Å². The Bertz CT molecular complexity index is 1440. The Labute approximate surface area is 299 Å². The predicted molar refractivity (Wildman–Crippen MR) is 185 cm³/mol. The first-order chi connectivity index (χ1) is 24.4. The van der Waals surface area contributed by atoms with Crippen LogP contribution in [0.5, 0.6) is 0 Å². The summed E-state index contributed by atoms with van der Waals surface area (Å²) in [5.74, 6) is -9.04. The molecule has 0 unspecified atom stereocenters. The summed E-state index contributed by atoms with van der Waals surface area (Å²) in [4.78, 5) is 103. The van der Waals surface area contributed by atoms with Crippen LogP contribution in [0.4, 0.5) is 0 Å². The number of carbonyl (C=O) groups is 8. The number of amides is 5. The van der Waals surface area contributed by atoms with Crippen LogP contribution >= 0.6 is 0 Å². The number of hydrogen-bond donors (Lipinski definition) is 11. The maximum atomic E-state index is 13.6. The van der Waals surface area contributed by atoms with Crippen molar-refractivity contribution in [2.24, 2.45) is 28.1 Å². The summed E-state index contributed by atoms with van der Waals surface area (Å²) in [5, 5.41) is 39.4. The molecule has 288 valence electrons. The predicted octanol–water partition coefficient (Wildman–Crippen LogP) is -2.86. The number of carboxylic acid groups (broad SMARTS) is 3. The summed E-state index contributed by atoms with van der Waals surface area (Å²) in [6, 6.07) is 1.32. The van der Waals surface area contributed by atoms with Crippen LogP contribution in [0.2, 0.25) is 0 Å². The third kappa shape index (κ3) is 18.3. The minimum Gasteiger partial charge on any atom is -0.481 e. The van der Waals surface area contributed by atoms with Gasteiger partial charge >= 0.3 is 17.9 Å². The highest BCUT2D eigenvalue weighted by atomic mass is 16.4. The van der Waals surface area contributed by atoms with Crippen molar-refractivity contribution in [2.75, 3.05) is 13.1 Å². The molecule has 0 aliphatic rings. The van der Waals surface area contributed by atoms with E-state index in [1.165, 1.54) is 0 Å². The SMILES string of the molecule is CC(C)C[C@H](NC(=O)CNC(=O)[C@@H](N)CCCN=C(N)N)C(=O)N[C@@H](Cc1ccccc1)C(=O)N[C@@H](CCC(=O)O)C(=O)N[C@@H](CC(=O)O)C(=O)O. The standard InChI is InChI=1S/C32H49N9O11/c1-17(2)13-21(38-24(42)16-37-27(47)19(33)9-6-12-36-32(34)35)29(49)40-22(14-18-7-4-3-5-8-18)30(50)39-20(10-11-25(43)44)28(48)41-23(31(51)52)15-26(45)46/h3-5,7-8,17,19-23H,6,9-16,33H2,1-2H3,(H,37,47)(H,38,42)(H,39,50)(H,40,49)(H,41,48)(H,43,44)(H,45,46)(H,51,52)(H4,34,35,36)/t19-,20-,21-,22-,23-/m0/s1. The third-order valence-corrected chi connectivity index (χ3v) is 7.28. The van der Waals surface area contributed by atoms with Crippen LogP contribution in [0.15, 0.2) is 35.3 Å². The van der Waals surface area contributed by atoms with Crippen LogP contribution in [0.1, 0.15) is 57.9 Å². The Morgan fingerprint density at radius 1 is 0.731 bits per heavy atom. The summed E-state index contributed by atoms with van der Waals surface area (Å²) in [5.41, 5.74) is 17.0. The van der Waals surface area contributed by atoms with Crippen molar-refractivity contribution in [3.63, 3.8) is 0 Å². The number of aliphatic carboxylic acids is 3. The van der Waals surface area contributed by atoms with Gasteiger partial charge in [-0.3, -0.25) is 38.6 Å². The van der Waals surface area contributed by atoms with Gasteiger partial charge in [0.05, 0.1) is 19.0 Å². The van der Waals surface area contributed by atoms with Crippen molar-refractivity contribution in [3.8, 4) is 0 Å². The minimum atomic E-state index is -1.88. The normalized spacial score (nSPS) is 13.6. The Hall–Kier alpha value is -5.79. The molecule has 0 aliphatic carbocycles.